The molecule has 0 fully saturated rings. The van der Waals surface area contributed by atoms with Crippen LogP contribution in [0, 0.1) is 0 Å². The zero-order valence-corrected chi connectivity index (χ0v) is 11.7. The lowest BCUT2D eigenvalue weighted by Crippen LogP contribution is -2.09. The van der Waals surface area contributed by atoms with Crippen LogP contribution in [0.2, 0.25) is 0 Å². The molecule has 0 aliphatic rings. The van der Waals surface area contributed by atoms with Crippen LogP contribution in [0.1, 0.15) is 30.4 Å². The largest absolute Gasteiger partial charge is 0.497 e. The molecule has 0 saturated carbocycles. The maximum atomic E-state index is 5.64. The molecule has 1 rings (SSSR count). The van der Waals surface area contributed by atoms with Crippen molar-refractivity contribution in [3.05, 3.63) is 23.3 Å². The predicted octanol–water partition coefficient (Wildman–Crippen LogP) is 2.30. The number of rotatable bonds is 7. The Bertz CT molecular complexity index is 380. The SMILES string of the molecule is COCc1cc(OC)cc(OC)c1C(C)CCN. The van der Waals surface area contributed by atoms with Crippen molar-refractivity contribution in [2.45, 2.75) is 25.9 Å². The predicted molar refractivity (Wildman–Crippen MR) is 72.3 cm³/mol. The number of nitrogens with two attached hydrogens (primary N) is 1. The molecule has 1 atom stereocenters. The lowest BCUT2D eigenvalue weighted by Gasteiger charge is -2.20. The lowest BCUT2D eigenvalue weighted by atomic mass is 9.92. The Morgan fingerprint density at radius 2 is 1.89 bits per heavy atom. The molecule has 0 radical (unpaired) electrons. The van der Waals surface area contributed by atoms with Crippen LogP contribution in [0.4, 0.5) is 0 Å². The lowest BCUT2D eigenvalue weighted by molar-refractivity contribution is 0.183. The Hall–Kier alpha value is -1.26. The molecule has 4 nitrogen and oxygen atoms in total. The van der Waals surface area contributed by atoms with Gasteiger partial charge in [0, 0.05) is 18.7 Å². The topological polar surface area (TPSA) is 53.7 Å². The first-order valence-electron chi connectivity index (χ1n) is 6.11. The number of methoxy groups -OCH3 is 3. The van der Waals surface area contributed by atoms with Gasteiger partial charge in [-0.1, -0.05) is 6.92 Å². The zero-order chi connectivity index (χ0) is 13.5. The first kappa shape index (κ1) is 14.8. The number of ether oxygens (including phenoxy) is 3. The third-order valence-electron chi connectivity index (χ3n) is 3.05. The maximum Gasteiger partial charge on any atom is 0.126 e. The highest BCUT2D eigenvalue weighted by Gasteiger charge is 2.17. The monoisotopic (exact) mass is 253 g/mol. The Kier molecular flexibility index (Phi) is 5.95. The molecule has 0 aromatic heterocycles. The van der Waals surface area contributed by atoms with Gasteiger partial charge in [0.05, 0.1) is 20.8 Å². The molecule has 1 aromatic carbocycles. The summed E-state index contributed by atoms with van der Waals surface area (Å²) in [4.78, 5) is 0. The number of hydrogen-bond acceptors (Lipinski definition) is 4. The quantitative estimate of drug-likeness (QED) is 0.810. The summed E-state index contributed by atoms with van der Waals surface area (Å²) in [5, 5.41) is 0. The Morgan fingerprint density at radius 1 is 1.17 bits per heavy atom. The van der Waals surface area contributed by atoms with Gasteiger partial charge in [0.2, 0.25) is 0 Å². The highest BCUT2D eigenvalue weighted by molar-refractivity contribution is 5.48. The van der Waals surface area contributed by atoms with Crippen LogP contribution in [0.25, 0.3) is 0 Å². The Morgan fingerprint density at radius 3 is 2.39 bits per heavy atom. The second kappa shape index (κ2) is 7.24. The summed E-state index contributed by atoms with van der Waals surface area (Å²) in [5.74, 6) is 1.95. The summed E-state index contributed by atoms with van der Waals surface area (Å²) < 4.78 is 16.0. The molecule has 2 N–H and O–H groups in total. The van der Waals surface area contributed by atoms with Gasteiger partial charge in [-0.15, -0.1) is 0 Å². The summed E-state index contributed by atoms with van der Waals surface area (Å²) >= 11 is 0. The van der Waals surface area contributed by atoms with Crippen LogP contribution in [0.3, 0.4) is 0 Å². The molecule has 4 heteroatoms. The normalized spacial score (nSPS) is 12.3. The van der Waals surface area contributed by atoms with Crippen molar-refractivity contribution < 1.29 is 14.2 Å². The molecule has 0 saturated heterocycles. The van der Waals surface area contributed by atoms with Gasteiger partial charge in [-0.2, -0.15) is 0 Å². The van der Waals surface area contributed by atoms with E-state index in [9.17, 15) is 0 Å². The minimum absolute atomic E-state index is 0.334. The maximum absolute atomic E-state index is 5.64. The van der Waals surface area contributed by atoms with Gasteiger partial charge < -0.3 is 19.9 Å². The van der Waals surface area contributed by atoms with Crippen LogP contribution >= 0.6 is 0 Å². The average Bonchev–Trinajstić information content (AvgIpc) is 2.38. The van der Waals surface area contributed by atoms with Crippen molar-refractivity contribution in [1.29, 1.82) is 0 Å². The van der Waals surface area contributed by atoms with Crippen LogP contribution in [-0.4, -0.2) is 27.9 Å². The molecule has 0 spiro atoms. The second-order valence-corrected chi connectivity index (χ2v) is 4.31. The third kappa shape index (κ3) is 3.37. The van der Waals surface area contributed by atoms with E-state index in [-0.39, 0.29) is 0 Å². The van der Waals surface area contributed by atoms with Crippen LogP contribution in [0.15, 0.2) is 12.1 Å². The molecule has 0 heterocycles. The summed E-state index contributed by atoms with van der Waals surface area (Å²) in [6.07, 6.45) is 0.916. The van der Waals surface area contributed by atoms with Gasteiger partial charge >= 0.3 is 0 Å². The Balaban J connectivity index is 3.24. The first-order valence-corrected chi connectivity index (χ1v) is 6.11. The van der Waals surface area contributed by atoms with Crippen molar-refractivity contribution in [3.63, 3.8) is 0 Å². The molecular formula is C14H23NO3. The van der Waals surface area contributed by atoms with Gasteiger partial charge in [0.25, 0.3) is 0 Å². The van der Waals surface area contributed by atoms with Gasteiger partial charge in [0.15, 0.2) is 0 Å². The summed E-state index contributed by atoms with van der Waals surface area (Å²) in [5.41, 5.74) is 7.89. The fourth-order valence-corrected chi connectivity index (χ4v) is 2.17. The van der Waals surface area contributed by atoms with E-state index in [0.29, 0.717) is 19.1 Å². The molecule has 0 bridgehead atoms. The molecule has 0 aliphatic heterocycles. The Labute approximate surface area is 109 Å². The van der Waals surface area contributed by atoms with E-state index in [1.165, 1.54) is 0 Å². The van der Waals surface area contributed by atoms with Crippen LogP contribution in [-0.2, 0) is 11.3 Å². The summed E-state index contributed by atoms with van der Waals surface area (Å²) in [7, 11) is 5.00. The highest BCUT2D eigenvalue weighted by atomic mass is 16.5. The smallest absolute Gasteiger partial charge is 0.126 e. The molecule has 0 amide bonds. The summed E-state index contributed by atoms with van der Waals surface area (Å²) in [6, 6.07) is 3.90. The van der Waals surface area contributed by atoms with Crippen LogP contribution in [0.5, 0.6) is 11.5 Å². The standard InChI is InChI=1S/C14H23NO3/c1-10(5-6-15)14-11(9-16-2)7-12(17-3)8-13(14)18-4/h7-8,10H,5-6,9,15H2,1-4H3. The minimum Gasteiger partial charge on any atom is -0.497 e. The van der Waals surface area contributed by atoms with Gasteiger partial charge in [0.1, 0.15) is 11.5 Å². The zero-order valence-electron chi connectivity index (χ0n) is 11.7. The van der Waals surface area contributed by atoms with Crippen molar-refractivity contribution in [3.8, 4) is 11.5 Å². The van der Waals surface area contributed by atoms with E-state index in [2.05, 4.69) is 6.92 Å². The fourth-order valence-electron chi connectivity index (χ4n) is 2.17. The van der Waals surface area contributed by atoms with Crippen LogP contribution < -0.4 is 15.2 Å². The van der Waals surface area contributed by atoms with E-state index in [4.69, 9.17) is 19.9 Å². The molecular weight excluding hydrogens is 230 g/mol. The first-order chi connectivity index (χ1) is 8.67. The molecule has 1 unspecified atom stereocenters. The van der Waals surface area contributed by atoms with Gasteiger partial charge in [-0.05, 0) is 30.5 Å². The van der Waals surface area contributed by atoms with Crippen molar-refractivity contribution in [1.82, 2.24) is 0 Å². The third-order valence-corrected chi connectivity index (χ3v) is 3.05. The highest BCUT2D eigenvalue weighted by Crippen LogP contribution is 2.35. The summed E-state index contributed by atoms with van der Waals surface area (Å²) in [6.45, 7) is 3.34. The molecule has 102 valence electrons. The second-order valence-electron chi connectivity index (χ2n) is 4.31. The number of benzene rings is 1. The van der Waals surface area contributed by atoms with Crippen molar-refractivity contribution in [2.24, 2.45) is 5.73 Å². The minimum atomic E-state index is 0.334. The number of hydrogen-bond donors (Lipinski definition) is 1. The van der Waals surface area contributed by atoms with E-state index in [1.54, 1.807) is 21.3 Å². The van der Waals surface area contributed by atoms with E-state index in [1.807, 2.05) is 12.1 Å². The fraction of sp³-hybridized carbons (Fsp3) is 0.571. The van der Waals surface area contributed by atoms with Gasteiger partial charge in [-0.3, -0.25) is 0 Å². The van der Waals surface area contributed by atoms with E-state index < -0.39 is 0 Å². The average molecular weight is 253 g/mol. The van der Waals surface area contributed by atoms with Gasteiger partial charge in [-0.25, -0.2) is 0 Å². The van der Waals surface area contributed by atoms with E-state index in [0.717, 1.165) is 29.0 Å². The van der Waals surface area contributed by atoms with Crippen molar-refractivity contribution in [2.75, 3.05) is 27.9 Å². The molecule has 18 heavy (non-hydrogen) atoms. The molecule has 0 aliphatic carbocycles. The van der Waals surface area contributed by atoms with E-state index >= 15 is 0 Å². The van der Waals surface area contributed by atoms with Crippen molar-refractivity contribution >= 4 is 0 Å². The molecule has 1 aromatic rings.